The number of nitrogens with one attached hydrogen (secondary N) is 2. The van der Waals surface area contributed by atoms with Gasteiger partial charge in [0, 0.05) is 11.1 Å². The van der Waals surface area contributed by atoms with Crippen LogP contribution in [0.15, 0.2) is 10.2 Å². The van der Waals surface area contributed by atoms with E-state index in [-0.39, 0.29) is 29.1 Å². The molecule has 0 spiro atoms. The lowest BCUT2D eigenvalue weighted by atomic mass is 9.88. The Morgan fingerprint density at radius 1 is 1.38 bits per heavy atom. The van der Waals surface area contributed by atoms with Gasteiger partial charge in [-0.25, -0.2) is 0 Å². The van der Waals surface area contributed by atoms with Gasteiger partial charge in [-0.05, 0) is 19.3 Å². The summed E-state index contributed by atoms with van der Waals surface area (Å²) in [4.78, 5) is 40.6. The number of thiazole rings is 1. The summed E-state index contributed by atoms with van der Waals surface area (Å²) in [5.74, 6) is -0.234. The summed E-state index contributed by atoms with van der Waals surface area (Å²) >= 11 is 1.06. The SMILES string of the molecule is CCC1(C)NC(=O)C(C(C)C)N(Cc2csc(=O)[nH]2)C1=O. The monoisotopic (exact) mass is 311 g/mol. The van der Waals surface area contributed by atoms with Crippen molar-refractivity contribution in [3.63, 3.8) is 0 Å². The molecule has 6 nitrogen and oxygen atoms in total. The second-order valence-corrected chi connectivity index (χ2v) is 6.81. The lowest BCUT2D eigenvalue weighted by molar-refractivity contribution is -0.157. The number of piperazine rings is 1. The maximum Gasteiger partial charge on any atom is 0.304 e. The smallest absolute Gasteiger partial charge is 0.304 e. The first-order valence-electron chi connectivity index (χ1n) is 7.08. The second-order valence-electron chi connectivity index (χ2n) is 5.97. The van der Waals surface area contributed by atoms with E-state index in [1.54, 1.807) is 17.2 Å². The molecule has 0 aromatic carbocycles. The first-order chi connectivity index (χ1) is 9.78. The van der Waals surface area contributed by atoms with Crippen molar-refractivity contribution >= 4 is 23.2 Å². The zero-order valence-electron chi connectivity index (χ0n) is 12.7. The standard InChI is InChI=1S/C14H21N3O3S/c1-5-14(4)12(19)17(6-9-7-21-13(20)15-9)10(8(2)3)11(18)16-14/h7-8,10H,5-6H2,1-4H3,(H,15,20)(H,16,18). The predicted molar refractivity (Wildman–Crippen MR) is 81.0 cm³/mol. The molecular weight excluding hydrogens is 290 g/mol. The fourth-order valence-electron chi connectivity index (χ4n) is 2.63. The Balaban J connectivity index is 2.36. The third-order valence-corrected chi connectivity index (χ3v) is 4.71. The van der Waals surface area contributed by atoms with Crippen molar-refractivity contribution in [3.8, 4) is 0 Å². The Bertz CT molecular complexity index is 607. The van der Waals surface area contributed by atoms with Crippen LogP contribution in [0.25, 0.3) is 0 Å². The van der Waals surface area contributed by atoms with Crippen molar-refractivity contribution in [2.24, 2.45) is 5.92 Å². The van der Waals surface area contributed by atoms with Crippen molar-refractivity contribution in [3.05, 3.63) is 20.7 Å². The summed E-state index contributed by atoms with van der Waals surface area (Å²) in [6.45, 7) is 7.69. The molecule has 2 amide bonds. The van der Waals surface area contributed by atoms with Crippen LogP contribution in [-0.4, -0.2) is 33.3 Å². The molecule has 116 valence electrons. The molecule has 2 rings (SSSR count). The number of aromatic amines is 1. The van der Waals surface area contributed by atoms with Gasteiger partial charge in [-0.3, -0.25) is 14.4 Å². The van der Waals surface area contributed by atoms with Crippen LogP contribution in [0, 0.1) is 5.92 Å². The Morgan fingerprint density at radius 2 is 2.05 bits per heavy atom. The number of carbonyl (C=O) groups is 2. The summed E-state index contributed by atoms with van der Waals surface area (Å²) in [6, 6.07) is -0.513. The van der Waals surface area contributed by atoms with Gasteiger partial charge in [0.2, 0.25) is 11.8 Å². The van der Waals surface area contributed by atoms with Gasteiger partial charge in [0.15, 0.2) is 0 Å². The molecule has 0 saturated carbocycles. The van der Waals surface area contributed by atoms with Crippen molar-refractivity contribution < 1.29 is 9.59 Å². The molecule has 0 bridgehead atoms. The first-order valence-corrected chi connectivity index (χ1v) is 7.96. The van der Waals surface area contributed by atoms with Crippen LogP contribution in [0.5, 0.6) is 0 Å². The molecule has 2 atom stereocenters. The number of amides is 2. The minimum Gasteiger partial charge on any atom is -0.340 e. The zero-order chi connectivity index (χ0) is 15.8. The number of rotatable bonds is 4. The van der Waals surface area contributed by atoms with Crippen LogP contribution in [-0.2, 0) is 16.1 Å². The fraction of sp³-hybridized carbons (Fsp3) is 0.643. The van der Waals surface area contributed by atoms with Crippen molar-refractivity contribution in [2.45, 2.75) is 52.2 Å². The molecular formula is C14H21N3O3S. The van der Waals surface area contributed by atoms with E-state index in [0.29, 0.717) is 12.1 Å². The van der Waals surface area contributed by atoms with E-state index in [0.717, 1.165) is 11.3 Å². The van der Waals surface area contributed by atoms with Gasteiger partial charge in [-0.1, -0.05) is 32.1 Å². The fourth-order valence-corrected chi connectivity index (χ4v) is 3.20. The second kappa shape index (κ2) is 5.63. The average molecular weight is 311 g/mol. The lowest BCUT2D eigenvalue weighted by Crippen LogP contribution is -2.69. The molecule has 1 aromatic heterocycles. The summed E-state index contributed by atoms with van der Waals surface area (Å²) < 4.78 is 0. The van der Waals surface area contributed by atoms with Gasteiger partial charge in [-0.2, -0.15) is 0 Å². The highest BCUT2D eigenvalue weighted by molar-refractivity contribution is 7.07. The molecule has 0 radical (unpaired) electrons. The number of hydrogen-bond donors (Lipinski definition) is 2. The number of hydrogen-bond acceptors (Lipinski definition) is 4. The van der Waals surface area contributed by atoms with Crippen LogP contribution >= 0.6 is 11.3 Å². The normalized spacial score (nSPS) is 26.3. The van der Waals surface area contributed by atoms with Crippen LogP contribution in [0.3, 0.4) is 0 Å². The molecule has 1 aliphatic rings. The van der Waals surface area contributed by atoms with E-state index in [9.17, 15) is 14.4 Å². The third-order valence-electron chi connectivity index (χ3n) is 3.99. The number of nitrogens with zero attached hydrogens (tertiary/aromatic N) is 1. The molecule has 1 aliphatic heterocycles. The lowest BCUT2D eigenvalue weighted by Gasteiger charge is -2.45. The first kappa shape index (κ1) is 15.8. The molecule has 1 fully saturated rings. The third kappa shape index (κ3) is 2.88. The maximum atomic E-state index is 12.8. The molecule has 0 aliphatic carbocycles. The number of H-pyrrole nitrogens is 1. The number of carbonyl (C=O) groups excluding carboxylic acids is 2. The molecule has 2 heterocycles. The van der Waals surface area contributed by atoms with E-state index in [2.05, 4.69) is 10.3 Å². The highest BCUT2D eigenvalue weighted by Gasteiger charge is 2.47. The van der Waals surface area contributed by atoms with Crippen molar-refractivity contribution in [1.82, 2.24) is 15.2 Å². The minimum absolute atomic E-state index is 0.000661. The van der Waals surface area contributed by atoms with E-state index >= 15 is 0 Å². The van der Waals surface area contributed by atoms with E-state index in [1.165, 1.54) is 0 Å². The topological polar surface area (TPSA) is 82.3 Å². The average Bonchev–Trinajstić information content (AvgIpc) is 2.80. The van der Waals surface area contributed by atoms with Gasteiger partial charge < -0.3 is 15.2 Å². The van der Waals surface area contributed by atoms with Crippen LogP contribution in [0.4, 0.5) is 0 Å². The largest absolute Gasteiger partial charge is 0.340 e. The molecule has 21 heavy (non-hydrogen) atoms. The predicted octanol–water partition coefficient (Wildman–Crippen LogP) is 1.09. The molecule has 1 saturated heterocycles. The van der Waals surface area contributed by atoms with E-state index in [1.807, 2.05) is 20.8 Å². The van der Waals surface area contributed by atoms with Crippen LogP contribution < -0.4 is 10.2 Å². The Hall–Kier alpha value is -1.63. The van der Waals surface area contributed by atoms with Gasteiger partial charge in [0.1, 0.15) is 11.6 Å². The Morgan fingerprint density at radius 3 is 2.52 bits per heavy atom. The van der Waals surface area contributed by atoms with E-state index < -0.39 is 11.6 Å². The van der Waals surface area contributed by atoms with Crippen LogP contribution in [0.2, 0.25) is 0 Å². The zero-order valence-corrected chi connectivity index (χ0v) is 13.5. The summed E-state index contributed by atoms with van der Waals surface area (Å²) in [5, 5.41) is 4.54. The Labute approximate surface area is 127 Å². The van der Waals surface area contributed by atoms with Gasteiger partial charge in [-0.15, -0.1) is 0 Å². The molecule has 7 heteroatoms. The maximum absolute atomic E-state index is 12.8. The number of aromatic nitrogens is 1. The molecule has 1 aromatic rings. The summed E-state index contributed by atoms with van der Waals surface area (Å²) in [6.07, 6.45) is 0.527. The Kier molecular flexibility index (Phi) is 4.22. The van der Waals surface area contributed by atoms with Gasteiger partial charge in [0.25, 0.3) is 0 Å². The quantitative estimate of drug-likeness (QED) is 0.873. The van der Waals surface area contributed by atoms with Crippen molar-refractivity contribution in [2.75, 3.05) is 0 Å². The van der Waals surface area contributed by atoms with Crippen LogP contribution in [0.1, 0.15) is 39.8 Å². The highest BCUT2D eigenvalue weighted by atomic mass is 32.1. The minimum atomic E-state index is -0.876. The highest BCUT2D eigenvalue weighted by Crippen LogP contribution is 2.26. The van der Waals surface area contributed by atoms with Gasteiger partial charge in [0.05, 0.1) is 6.54 Å². The summed E-state index contributed by atoms with van der Waals surface area (Å²) in [7, 11) is 0. The van der Waals surface area contributed by atoms with Gasteiger partial charge >= 0.3 is 4.87 Å². The summed E-state index contributed by atoms with van der Waals surface area (Å²) in [5.41, 5.74) is -0.212. The molecule has 2 N–H and O–H groups in total. The van der Waals surface area contributed by atoms with E-state index in [4.69, 9.17) is 0 Å². The molecule has 2 unspecified atom stereocenters. The van der Waals surface area contributed by atoms with Crippen molar-refractivity contribution in [1.29, 1.82) is 0 Å².